The van der Waals surface area contributed by atoms with Crippen LogP contribution in [0.5, 0.6) is 0 Å². The average molecular weight is 451 g/mol. The van der Waals surface area contributed by atoms with E-state index in [9.17, 15) is 13.6 Å². The Labute approximate surface area is 189 Å². The van der Waals surface area contributed by atoms with Gasteiger partial charge in [0.1, 0.15) is 11.5 Å². The lowest BCUT2D eigenvalue weighted by Crippen LogP contribution is -2.07. The van der Waals surface area contributed by atoms with Crippen molar-refractivity contribution >= 4 is 22.8 Å². The minimum atomic E-state index is -2.69. The molecule has 9 heteroatoms. The van der Waals surface area contributed by atoms with Crippen molar-refractivity contribution in [3.63, 3.8) is 0 Å². The first-order chi connectivity index (χ1) is 16.0. The van der Waals surface area contributed by atoms with Crippen molar-refractivity contribution in [2.45, 2.75) is 26.2 Å². The summed E-state index contributed by atoms with van der Waals surface area (Å²) >= 11 is 0. The Morgan fingerprint density at radius 1 is 1.18 bits per heavy atom. The SMILES string of the molecule is COCCCc1ccnc2c(-c3cccc(C(F)F)n3)c(-c3ccnc(NC(C)=O)c3)[nH]c12. The highest BCUT2D eigenvalue weighted by Gasteiger charge is 2.21. The van der Waals surface area contributed by atoms with Crippen LogP contribution in [0.4, 0.5) is 14.6 Å². The fourth-order valence-electron chi connectivity index (χ4n) is 3.76. The van der Waals surface area contributed by atoms with E-state index in [0.717, 1.165) is 23.9 Å². The van der Waals surface area contributed by atoms with Gasteiger partial charge in [-0.1, -0.05) is 6.07 Å². The van der Waals surface area contributed by atoms with Gasteiger partial charge in [-0.15, -0.1) is 0 Å². The van der Waals surface area contributed by atoms with Crippen LogP contribution in [-0.2, 0) is 16.0 Å². The number of pyridine rings is 3. The number of anilines is 1. The zero-order valence-electron chi connectivity index (χ0n) is 18.2. The van der Waals surface area contributed by atoms with Gasteiger partial charge in [-0.05, 0) is 48.7 Å². The van der Waals surface area contributed by atoms with E-state index in [-0.39, 0.29) is 11.6 Å². The number of aryl methyl sites for hydroxylation is 1. The number of alkyl halides is 2. The maximum absolute atomic E-state index is 13.4. The van der Waals surface area contributed by atoms with Crippen LogP contribution in [0.15, 0.2) is 48.8 Å². The topological polar surface area (TPSA) is 92.8 Å². The summed E-state index contributed by atoms with van der Waals surface area (Å²) in [5.74, 6) is 0.136. The maximum Gasteiger partial charge on any atom is 0.280 e. The van der Waals surface area contributed by atoms with Gasteiger partial charge in [-0.3, -0.25) is 9.78 Å². The first-order valence-corrected chi connectivity index (χ1v) is 10.5. The van der Waals surface area contributed by atoms with Gasteiger partial charge in [0.2, 0.25) is 5.91 Å². The van der Waals surface area contributed by atoms with Gasteiger partial charge in [0.15, 0.2) is 0 Å². The number of rotatable bonds is 8. The lowest BCUT2D eigenvalue weighted by atomic mass is 10.0. The van der Waals surface area contributed by atoms with Gasteiger partial charge in [0.25, 0.3) is 6.43 Å². The molecule has 2 N–H and O–H groups in total. The van der Waals surface area contributed by atoms with Crippen LogP contribution in [0.2, 0.25) is 0 Å². The minimum Gasteiger partial charge on any atom is -0.385 e. The van der Waals surface area contributed by atoms with Crippen LogP contribution in [0.3, 0.4) is 0 Å². The van der Waals surface area contributed by atoms with E-state index < -0.39 is 6.43 Å². The molecule has 0 spiro atoms. The lowest BCUT2D eigenvalue weighted by Gasteiger charge is -2.08. The van der Waals surface area contributed by atoms with Crippen LogP contribution < -0.4 is 5.32 Å². The Kier molecular flexibility index (Phi) is 6.69. The molecule has 7 nitrogen and oxygen atoms in total. The van der Waals surface area contributed by atoms with Crippen LogP contribution in [0.1, 0.15) is 31.0 Å². The van der Waals surface area contributed by atoms with Crippen molar-refractivity contribution in [3.8, 4) is 22.5 Å². The molecule has 0 fully saturated rings. The van der Waals surface area contributed by atoms with Crippen LogP contribution in [-0.4, -0.2) is 39.6 Å². The van der Waals surface area contributed by atoms with Gasteiger partial charge in [0.05, 0.1) is 28.0 Å². The van der Waals surface area contributed by atoms with Crippen molar-refractivity contribution in [3.05, 3.63) is 60.0 Å². The Bertz CT molecular complexity index is 1290. The van der Waals surface area contributed by atoms with E-state index in [1.54, 1.807) is 43.8 Å². The highest BCUT2D eigenvalue weighted by molar-refractivity contribution is 6.02. The molecule has 0 atom stereocenters. The highest BCUT2D eigenvalue weighted by atomic mass is 19.3. The monoisotopic (exact) mass is 451 g/mol. The Morgan fingerprint density at radius 2 is 2.00 bits per heavy atom. The largest absolute Gasteiger partial charge is 0.385 e. The van der Waals surface area contributed by atoms with E-state index in [0.29, 0.717) is 40.5 Å². The summed E-state index contributed by atoms with van der Waals surface area (Å²) in [4.78, 5) is 27.9. The number of hydrogen-bond acceptors (Lipinski definition) is 5. The number of aromatic amines is 1. The van der Waals surface area contributed by atoms with E-state index in [1.165, 1.54) is 13.0 Å². The molecule has 0 aliphatic carbocycles. The number of methoxy groups -OCH3 is 1. The van der Waals surface area contributed by atoms with Crippen molar-refractivity contribution in [2.24, 2.45) is 0 Å². The number of amides is 1. The molecule has 170 valence electrons. The number of ether oxygens (including phenoxy) is 1. The molecule has 4 aromatic rings. The summed E-state index contributed by atoms with van der Waals surface area (Å²) in [7, 11) is 1.66. The lowest BCUT2D eigenvalue weighted by molar-refractivity contribution is -0.114. The number of nitrogens with zero attached hydrogens (tertiary/aromatic N) is 3. The fraction of sp³-hybridized carbons (Fsp3) is 0.250. The van der Waals surface area contributed by atoms with Gasteiger partial charge < -0.3 is 15.0 Å². The van der Waals surface area contributed by atoms with Crippen LogP contribution in [0.25, 0.3) is 33.5 Å². The quantitative estimate of drug-likeness (QED) is 0.361. The molecular weight excluding hydrogens is 428 g/mol. The summed E-state index contributed by atoms with van der Waals surface area (Å²) in [6, 6.07) is 9.98. The zero-order valence-corrected chi connectivity index (χ0v) is 18.2. The van der Waals surface area contributed by atoms with Crippen molar-refractivity contribution in [1.82, 2.24) is 19.9 Å². The van der Waals surface area contributed by atoms with E-state index in [2.05, 4.69) is 25.3 Å². The molecule has 4 rings (SSSR count). The number of aromatic nitrogens is 4. The standard InChI is InChI=1S/C24H23F2N5O2/c1-14(32)29-19-13-16(9-10-27-19)21-20(17-6-3-7-18(30-17)24(25)26)23-22(31-21)15(8-11-28-23)5-4-12-33-2/h3,6-11,13,24,31H,4-5,12H2,1-2H3,(H,27,29,32). The van der Waals surface area contributed by atoms with Gasteiger partial charge in [-0.25, -0.2) is 18.7 Å². The van der Waals surface area contributed by atoms with E-state index in [4.69, 9.17) is 4.74 Å². The van der Waals surface area contributed by atoms with Crippen molar-refractivity contribution in [2.75, 3.05) is 19.0 Å². The Morgan fingerprint density at radius 3 is 2.76 bits per heavy atom. The average Bonchev–Trinajstić information content (AvgIpc) is 3.19. The van der Waals surface area contributed by atoms with Gasteiger partial charge in [0, 0.05) is 38.6 Å². The molecular formula is C24H23F2N5O2. The number of hydrogen-bond donors (Lipinski definition) is 2. The van der Waals surface area contributed by atoms with Crippen LogP contribution >= 0.6 is 0 Å². The summed E-state index contributed by atoms with van der Waals surface area (Å²) in [6.45, 7) is 2.02. The number of carbonyl (C=O) groups excluding carboxylic acids is 1. The molecule has 1 amide bonds. The zero-order chi connectivity index (χ0) is 23.4. The molecule has 0 radical (unpaired) electrons. The van der Waals surface area contributed by atoms with Crippen molar-refractivity contribution in [1.29, 1.82) is 0 Å². The third kappa shape index (κ3) is 4.88. The summed E-state index contributed by atoms with van der Waals surface area (Å²) < 4.78 is 32.0. The first kappa shape index (κ1) is 22.5. The third-order valence-corrected chi connectivity index (χ3v) is 5.17. The minimum absolute atomic E-state index is 0.245. The molecule has 0 aliphatic heterocycles. The number of fused-ring (bicyclic) bond motifs is 1. The fourth-order valence-corrected chi connectivity index (χ4v) is 3.76. The normalized spacial score (nSPS) is 11.3. The predicted octanol–water partition coefficient (Wildman–Crippen LogP) is 5.16. The smallest absolute Gasteiger partial charge is 0.280 e. The summed E-state index contributed by atoms with van der Waals surface area (Å²) in [5.41, 5.74) is 4.54. The summed E-state index contributed by atoms with van der Waals surface area (Å²) in [5, 5.41) is 2.67. The summed E-state index contributed by atoms with van der Waals surface area (Å²) in [6.07, 6.45) is 2.16. The van der Waals surface area contributed by atoms with Gasteiger partial charge >= 0.3 is 0 Å². The third-order valence-electron chi connectivity index (χ3n) is 5.17. The molecule has 4 aromatic heterocycles. The molecule has 0 bridgehead atoms. The van der Waals surface area contributed by atoms with Crippen molar-refractivity contribution < 1.29 is 18.3 Å². The first-order valence-electron chi connectivity index (χ1n) is 10.5. The number of H-pyrrole nitrogens is 1. The second-order valence-electron chi connectivity index (χ2n) is 7.52. The van der Waals surface area contributed by atoms with Crippen LogP contribution in [0, 0.1) is 0 Å². The van der Waals surface area contributed by atoms with E-state index in [1.807, 2.05) is 6.07 Å². The van der Waals surface area contributed by atoms with E-state index >= 15 is 0 Å². The molecule has 4 heterocycles. The Hall–Kier alpha value is -3.72. The second-order valence-corrected chi connectivity index (χ2v) is 7.52. The maximum atomic E-state index is 13.4. The molecule has 0 unspecified atom stereocenters. The molecule has 0 saturated heterocycles. The molecule has 0 saturated carbocycles. The van der Waals surface area contributed by atoms with Gasteiger partial charge in [-0.2, -0.15) is 0 Å². The highest BCUT2D eigenvalue weighted by Crippen LogP contribution is 2.38. The molecule has 0 aromatic carbocycles. The second kappa shape index (κ2) is 9.83. The number of carbonyl (C=O) groups is 1. The number of nitrogens with one attached hydrogen (secondary N) is 2. The molecule has 0 aliphatic rings. The Balaban J connectivity index is 1.93. The predicted molar refractivity (Wildman–Crippen MR) is 122 cm³/mol. The number of halogens is 2. The molecule has 33 heavy (non-hydrogen) atoms.